The van der Waals surface area contributed by atoms with Crippen molar-refractivity contribution in [3.05, 3.63) is 28.2 Å². The van der Waals surface area contributed by atoms with Crippen LogP contribution in [0.4, 0.5) is 10.5 Å². The fraction of sp³-hybridized carbons (Fsp3) is 0.364. The van der Waals surface area contributed by atoms with E-state index in [4.69, 9.17) is 0 Å². The van der Waals surface area contributed by atoms with Gasteiger partial charge in [-0.3, -0.25) is 0 Å². The molecule has 0 aliphatic rings. The molecule has 0 aromatic heterocycles. The van der Waals surface area contributed by atoms with Crippen LogP contribution in [0.3, 0.4) is 0 Å². The monoisotopic (exact) mass is 270 g/mol. The number of carbonyl (C=O) groups excluding carboxylic acids is 1. The van der Waals surface area contributed by atoms with Crippen LogP contribution in [0.15, 0.2) is 22.7 Å². The van der Waals surface area contributed by atoms with E-state index in [0.29, 0.717) is 6.54 Å². The van der Waals surface area contributed by atoms with E-state index in [2.05, 4.69) is 21.2 Å². The number of anilines is 1. The van der Waals surface area contributed by atoms with Crippen LogP contribution >= 0.6 is 15.9 Å². The summed E-state index contributed by atoms with van der Waals surface area (Å²) < 4.78 is 0.903. The Hall–Kier alpha value is -1.03. The average Bonchev–Trinajstić information content (AvgIpc) is 2.20. The highest BCUT2D eigenvalue weighted by Gasteiger charge is 2.08. The van der Waals surface area contributed by atoms with Crippen molar-refractivity contribution in [3.8, 4) is 0 Å². The van der Waals surface area contributed by atoms with Gasteiger partial charge >= 0.3 is 6.03 Å². The quantitative estimate of drug-likeness (QED) is 0.879. The molecule has 0 unspecified atom stereocenters. The van der Waals surface area contributed by atoms with E-state index in [-0.39, 0.29) is 6.03 Å². The van der Waals surface area contributed by atoms with Crippen molar-refractivity contribution < 1.29 is 4.79 Å². The Bertz CT molecular complexity index is 366. The molecule has 3 nitrogen and oxygen atoms in total. The Morgan fingerprint density at radius 3 is 2.73 bits per heavy atom. The molecule has 1 aromatic rings. The van der Waals surface area contributed by atoms with Crippen LogP contribution in [0.1, 0.15) is 12.5 Å². The van der Waals surface area contributed by atoms with Crippen LogP contribution in [0.2, 0.25) is 0 Å². The number of benzene rings is 1. The second-order valence-corrected chi connectivity index (χ2v) is 4.28. The molecule has 15 heavy (non-hydrogen) atoms. The molecule has 1 rings (SSSR count). The summed E-state index contributed by atoms with van der Waals surface area (Å²) >= 11 is 3.41. The number of amides is 2. The van der Waals surface area contributed by atoms with Crippen molar-refractivity contribution in [2.75, 3.05) is 18.9 Å². The third-order valence-electron chi connectivity index (χ3n) is 2.19. The summed E-state index contributed by atoms with van der Waals surface area (Å²) in [6, 6.07) is 5.73. The van der Waals surface area contributed by atoms with Gasteiger partial charge in [0, 0.05) is 18.1 Å². The first-order chi connectivity index (χ1) is 7.04. The third kappa shape index (κ3) is 3.23. The van der Waals surface area contributed by atoms with Crippen molar-refractivity contribution in [2.24, 2.45) is 0 Å². The van der Waals surface area contributed by atoms with Crippen LogP contribution in [-0.4, -0.2) is 24.5 Å². The lowest BCUT2D eigenvalue weighted by Crippen LogP contribution is -2.31. The molecule has 0 atom stereocenters. The molecule has 82 valence electrons. The van der Waals surface area contributed by atoms with Crippen molar-refractivity contribution in [2.45, 2.75) is 13.8 Å². The first-order valence-electron chi connectivity index (χ1n) is 4.83. The number of nitrogens with one attached hydrogen (secondary N) is 1. The Morgan fingerprint density at radius 2 is 2.20 bits per heavy atom. The molecule has 0 saturated heterocycles. The summed E-state index contributed by atoms with van der Waals surface area (Å²) in [6.07, 6.45) is 0. The molecule has 0 heterocycles. The number of rotatable bonds is 2. The van der Waals surface area contributed by atoms with Gasteiger partial charge in [0.15, 0.2) is 0 Å². The second kappa shape index (κ2) is 5.16. The molecule has 0 fully saturated rings. The molecular formula is C11H15BrN2O. The fourth-order valence-corrected chi connectivity index (χ4v) is 1.67. The second-order valence-electron chi connectivity index (χ2n) is 3.43. The number of carbonyl (C=O) groups is 1. The Balaban J connectivity index is 2.77. The lowest BCUT2D eigenvalue weighted by molar-refractivity contribution is 0.224. The summed E-state index contributed by atoms with van der Waals surface area (Å²) in [5, 5.41) is 2.83. The van der Waals surface area contributed by atoms with Crippen molar-refractivity contribution in [1.29, 1.82) is 0 Å². The standard InChI is InChI=1S/C11H15BrN2O/c1-4-14(3)11(15)13-10-6-5-8(2)7-9(10)12/h5-7H,4H2,1-3H3,(H,13,15). The van der Waals surface area contributed by atoms with Gasteiger partial charge in [-0.25, -0.2) is 4.79 Å². The zero-order chi connectivity index (χ0) is 11.4. The van der Waals surface area contributed by atoms with Crippen molar-refractivity contribution >= 4 is 27.6 Å². The van der Waals surface area contributed by atoms with Gasteiger partial charge in [-0.05, 0) is 47.5 Å². The van der Waals surface area contributed by atoms with Gasteiger partial charge in [0.05, 0.1) is 5.69 Å². The molecule has 4 heteroatoms. The largest absolute Gasteiger partial charge is 0.328 e. The summed E-state index contributed by atoms with van der Waals surface area (Å²) in [5.41, 5.74) is 1.95. The SMILES string of the molecule is CCN(C)C(=O)Nc1ccc(C)cc1Br. The van der Waals surface area contributed by atoms with Gasteiger partial charge in [0.2, 0.25) is 0 Å². The maximum Gasteiger partial charge on any atom is 0.321 e. The zero-order valence-corrected chi connectivity index (χ0v) is 10.8. The molecule has 1 aromatic carbocycles. The minimum absolute atomic E-state index is 0.0953. The number of aryl methyl sites for hydroxylation is 1. The van der Waals surface area contributed by atoms with Gasteiger partial charge in [0.25, 0.3) is 0 Å². The van der Waals surface area contributed by atoms with Crippen molar-refractivity contribution in [3.63, 3.8) is 0 Å². The van der Waals surface area contributed by atoms with Crippen LogP contribution in [0, 0.1) is 6.92 Å². The van der Waals surface area contributed by atoms with Gasteiger partial charge in [-0.2, -0.15) is 0 Å². The number of hydrogen-bond acceptors (Lipinski definition) is 1. The third-order valence-corrected chi connectivity index (χ3v) is 2.84. The number of nitrogens with zero attached hydrogens (tertiary/aromatic N) is 1. The van der Waals surface area contributed by atoms with Gasteiger partial charge < -0.3 is 10.2 Å². The lowest BCUT2D eigenvalue weighted by Gasteiger charge is -2.16. The zero-order valence-electron chi connectivity index (χ0n) is 9.17. The van der Waals surface area contributed by atoms with Crippen LogP contribution in [0.25, 0.3) is 0 Å². The van der Waals surface area contributed by atoms with E-state index in [1.165, 1.54) is 0 Å². The molecule has 0 saturated carbocycles. The van der Waals surface area contributed by atoms with E-state index < -0.39 is 0 Å². The molecule has 1 N–H and O–H groups in total. The van der Waals surface area contributed by atoms with Crippen molar-refractivity contribution in [1.82, 2.24) is 4.90 Å². The van der Waals surface area contributed by atoms with Crippen LogP contribution in [-0.2, 0) is 0 Å². The molecular weight excluding hydrogens is 256 g/mol. The maximum absolute atomic E-state index is 11.6. The molecule has 0 spiro atoms. The summed E-state index contributed by atoms with van der Waals surface area (Å²) in [7, 11) is 1.76. The molecule has 0 radical (unpaired) electrons. The highest BCUT2D eigenvalue weighted by Crippen LogP contribution is 2.23. The predicted octanol–water partition coefficient (Wildman–Crippen LogP) is 3.24. The van der Waals surface area contributed by atoms with E-state index in [9.17, 15) is 4.79 Å². The Kier molecular flexibility index (Phi) is 4.15. The first-order valence-corrected chi connectivity index (χ1v) is 5.62. The molecule has 0 bridgehead atoms. The van der Waals surface area contributed by atoms with Gasteiger partial charge in [-0.15, -0.1) is 0 Å². The topological polar surface area (TPSA) is 32.3 Å². The van der Waals surface area contributed by atoms with Gasteiger partial charge in [0.1, 0.15) is 0 Å². The average molecular weight is 271 g/mol. The number of halogens is 1. The number of urea groups is 1. The minimum atomic E-state index is -0.0953. The smallest absolute Gasteiger partial charge is 0.321 e. The maximum atomic E-state index is 11.6. The molecule has 2 amide bonds. The van der Waals surface area contributed by atoms with Crippen LogP contribution in [0.5, 0.6) is 0 Å². The molecule has 0 aliphatic carbocycles. The minimum Gasteiger partial charge on any atom is -0.328 e. The summed E-state index contributed by atoms with van der Waals surface area (Å²) in [5.74, 6) is 0. The summed E-state index contributed by atoms with van der Waals surface area (Å²) in [4.78, 5) is 13.2. The Morgan fingerprint density at radius 1 is 1.53 bits per heavy atom. The van der Waals surface area contributed by atoms with Crippen LogP contribution < -0.4 is 5.32 Å². The van der Waals surface area contributed by atoms with E-state index >= 15 is 0 Å². The predicted molar refractivity (Wildman–Crippen MR) is 66.2 cm³/mol. The van der Waals surface area contributed by atoms with E-state index in [1.54, 1.807) is 11.9 Å². The summed E-state index contributed by atoms with van der Waals surface area (Å²) in [6.45, 7) is 4.63. The fourth-order valence-electron chi connectivity index (χ4n) is 1.08. The van der Waals surface area contributed by atoms with E-state index in [0.717, 1.165) is 15.7 Å². The Labute approximate surface area is 98.6 Å². The van der Waals surface area contributed by atoms with E-state index in [1.807, 2.05) is 32.0 Å². The number of hydrogen-bond donors (Lipinski definition) is 1. The first kappa shape index (κ1) is 12.0. The highest BCUT2D eigenvalue weighted by atomic mass is 79.9. The molecule has 0 aliphatic heterocycles. The normalized spacial score (nSPS) is 9.87. The van der Waals surface area contributed by atoms with Gasteiger partial charge in [-0.1, -0.05) is 6.07 Å². The highest BCUT2D eigenvalue weighted by molar-refractivity contribution is 9.10. The lowest BCUT2D eigenvalue weighted by atomic mass is 10.2.